The minimum Gasteiger partial charge on any atom is -0.462 e. The number of aliphatic hydroxyl groups excluding tert-OH is 1. The van der Waals surface area contributed by atoms with Crippen LogP contribution >= 0.6 is 0 Å². The number of hydrogen-bond donors (Lipinski definition) is 2. The van der Waals surface area contributed by atoms with Crippen molar-refractivity contribution in [1.29, 1.82) is 0 Å². The summed E-state index contributed by atoms with van der Waals surface area (Å²) in [6.45, 7) is 14.5. The molecule has 6 aliphatic rings. The minimum absolute atomic E-state index is 0.173. The molecule has 6 rings (SSSR count). The summed E-state index contributed by atoms with van der Waals surface area (Å²) in [6, 6.07) is 0. The van der Waals surface area contributed by atoms with Gasteiger partial charge in [-0.2, -0.15) is 0 Å². The Balaban J connectivity index is 1.77. The summed E-state index contributed by atoms with van der Waals surface area (Å²) in [5, 5.41) is 24.6. The second-order valence-electron chi connectivity index (χ2n) is 11.8. The van der Waals surface area contributed by atoms with Gasteiger partial charge in [-0.1, -0.05) is 26.8 Å². The van der Waals surface area contributed by atoms with Crippen molar-refractivity contribution in [3.63, 3.8) is 0 Å². The van der Waals surface area contributed by atoms with Crippen molar-refractivity contribution in [3.05, 3.63) is 12.2 Å². The molecule has 4 aliphatic carbocycles. The van der Waals surface area contributed by atoms with Crippen LogP contribution in [-0.2, 0) is 33.8 Å². The van der Waals surface area contributed by atoms with Gasteiger partial charge in [0.05, 0.1) is 31.3 Å². The van der Waals surface area contributed by atoms with E-state index in [1.54, 1.807) is 6.92 Å². The fourth-order valence-corrected chi connectivity index (χ4v) is 9.05. The highest BCUT2D eigenvalue weighted by molar-refractivity contribution is 5.66. The van der Waals surface area contributed by atoms with Crippen LogP contribution in [0, 0.1) is 34.0 Å². The van der Waals surface area contributed by atoms with Crippen LogP contribution in [0.15, 0.2) is 12.2 Å². The average Bonchev–Trinajstić information content (AvgIpc) is 2.90. The van der Waals surface area contributed by atoms with Crippen molar-refractivity contribution in [3.8, 4) is 0 Å². The van der Waals surface area contributed by atoms with Gasteiger partial charge in [0.1, 0.15) is 12.2 Å². The molecule has 0 radical (unpaired) electrons. The maximum atomic E-state index is 12.6. The van der Waals surface area contributed by atoms with E-state index in [4.69, 9.17) is 29.0 Å². The first-order valence-electron chi connectivity index (χ1n) is 13.0. The first-order chi connectivity index (χ1) is 16.5. The fraction of sp³-hybridized carbons (Fsp3) is 0.885. The molecule has 0 aromatic heterocycles. The van der Waals surface area contributed by atoms with Crippen LogP contribution in [0.4, 0.5) is 0 Å². The van der Waals surface area contributed by atoms with Gasteiger partial charge in [0, 0.05) is 30.1 Å². The van der Waals surface area contributed by atoms with E-state index in [1.165, 1.54) is 6.92 Å². The first kappa shape index (κ1) is 25.6. The van der Waals surface area contributed by atoms with Crippen LogP contribution in [0.2, 0.25) is 0 Å². The standard InChI is InChI=1S/C26H40O9/c1-7-31-34-21-14(3)16-12-17(33-15(4)27)18-24-11-9-10-23(5,6)19(24)22(35-32-8-2)26(29,30-13-24)25(18,21)20(16)28/h16-22,28-29H,3,7-13H2,1-2,4-6H3/t16-,17?,18?,19?,20-,21-,22+,24-,25-,26+/m1/s1. The molecule has 4 bridgehead atoms. The SMILES string of the molecule is C=C1[C@H]2CC(OC(C)=O)C3[C@]45CCCC(C)(C)C4[C@H](OOCC)[C@](O)(OC5)[C@@]3([C@@H]1OOCC)[C@@H]2O. The number of ether oxygens (including phenoxy) is 2. The van der Waals surface area contributed by atoms with Gasteiger partial charge >= 0.3 is 5.97 Å². The molecule has 9 heteroatoms. The smallest absolute Gasteiger partial charge is 0.302 e. The van der Waals surface area contributed by atoms with Crippen molar-refractivity contribution in [2.24, 2.45) is 34.0 Å². The van der Waals surface area contributed by atoms with Gasteiger partial charge in [0.15, 0.2) is 6.10 Å². The number of carbonyl (C=O) groups is 1. The van der Waals surface area contributed by atoms with E-state index in [1.807, 2.05) is 6.92 Å². The van der Waals surface area contributed by atoms with E-state index < -0.39 is 58.8 Å². The molecule has 10 atom stereocenters. The van der Waals surface area contributed by atoms with E-state index in [0.717, 1.165) is 19.3 Å². The van der Waals surface area contributed by atoms with Gasteiger partial charge in [-0.3, -0.25) is 4.79 Å². The van der Waals surface area contributed by atoms with E-state index in [2.05, 4.69) is 20.4 Å². The summed E-state index contributed by atoms with van der Waals surface area (Å²) in [7, 11) is 0. The maximum absolute atomic E-state index is 12.6. The molecule has 2 saturated heterocycles. The lowest BCUT2D eigenvalue weighted by atomic mass is 9.35. The quantitative estimate of drug-likeness (QED) is 0.238. The molecule has 6 fully saturated rings. The molecule has 0 aromatic rings. The zero-order chi connectivity index (χ0) is 25.4. The minimum atomic E-state index is -1.99. The second kappa shape index (κ2) is 8.48. The van der Waals surface area contributed by atoms with Crippen molar-refractivity contribution >= 4 is 5.97 Å². The van der Waals surface area contributed by atoms with Crippen LogP contribution in [-0.4, -0.2) is 66.2 Å². The summed E-state index contributed by atoms with van der Waals surface area (Å²) in [5.41, 5.74) is -1.60. The molecule has 3 unspecified atom stereocenters. The highest BCUT2D eigenvalue weighted by Gasteiger charge is 2.88. The Morgan fingerprint density at radius 3 is 2.49 bits per heavy atom. The molecule has 2 aliphatic heterocycles. The molecule has 9 nitrogen and oxygen atoms in total. The summed E-state index contributed by atoms with van der Waals surface area (Å²) in [5.74, 6) is -3.49. The van der Waals surface area contributed by atoms with E-state index >= 15 is 0 Å². The molecule has 2 heterocycles. The Morgan fingerprint density at radius 1 is 1.14 bits per heavy atom. The molecule has 0 amide bonds. The van der Waals surface area contributed by atoms with E-state index in [0.29, 0.717) is 12.0 Å². The van der Waals surface area contributed by atoms with Gasteiger partial charge in [-0.05, 0) is 44.1 Å². The number of esters is 1. The lowest BCUT2D eigenvalue weighted by molar-refractivity contribution is -0.524. The van der Waals surface area contributed by atoms with Gasteiger partial charge in [-0.15, -0.1) is 0 Å². The Kier molecular flexibility index (Phi) is 6.19. The predicted octanol–water partition coefficient (Wildman–Crippen LogP) is 2.69. The molecular formula is C26H40O9. The Bertz CT molecular complexity index is 875. The van der Waals surface area contributed by atoms with Crippen molar-refractivity contribution in [2.75, 3.05) is 19.8 Å². The largest absolute Gasteiger partial charge is 0.462 e. The van der Waals surface area contributed by atoms with E-state index in [9.17, 15) is 15.0 Å². The zero-order valence-corrected chi connectivity index (χ0v) is 21.5. The third kappa shape index (κ3) is 3.09. The number of carbonyl (C=O) groups excluding carboxylic acids is 1. The number of aliphatic hydroxyl groups is 2. The molecule has 2 spiro atoms. The van der Waals surface area contributed by atoms with Crippen LogP contribution < -0.4 is 0 Å². The van der Waals surface area contributed by atoms with E-state index in [-0.39, 0.29) is 31.2 Å². The van der Waals surface area contributed by atoms with Crippen LogP contribution in [0.1, 0.15) is 60.3 Å². The van der Waals surface area contributed by atoms with Gasteiger partial charge in [-0.25, -0.2) is 19.6 Å². The molecule has 0 aromatic carbocycles. The normalized spacial score (nSPS) is 49.5. The summed E-state index contributed by atoms with van der Waals surface area (Å²) in [4.78, 5) is 35.1. The Hall–Kier alpha value is -1.07. The Morgan fingerprint density at radius 2 is 1.83 bits per heavy atom. The highest BCUT2D eigenvalue weighted by Crippen LogP contribution is 2.78. The molecule has 35 heavy (non-hydrogen) atoms. The lowest BCUT2D eigenvalue weighted by Gasteiger charge is -2.75. The van der Waals surface area contributed by atoms with Crippen molar-refractivity contribution < 1.29 is 44.0 Å². The van der Waals surface area contributed by atoms with Crippen LogP contribution in [0.5, 0.6) is 0 Å². The third-order valence-corrected chi connectivity index (χ3v) is 9.79. The van der Waals surface area contributed by atoms with Gasteiger partial charge < -0.3 is 19.7 Å². The predicted molar refractivity (Wildman–Crippen MR) is 122 cm³/mol. The van der Waals surface area contributed by atoms with Gasteiger partial charge in [0.2, 0.25) is 5.79 Å². The number of hydrogen-bond acceptors (Lipinski definition) is 9. The molecular weight excluding hydrogens is 456 g/mol. The van der Waals surface area contributed by atoms with Crippen LogP contribution in [0.25, 0.3) is 0 Å². The topological polar surface area (TPSA) is 113 Å². The van der Waals surface area contributed by atoms with Crippen molar-refractivity contribution in [1.82, 2.24) is 0 Å². The Labute approximate surface area is 206 Å². The second-order valence-corrected chi connectivity index (χ2v) is 11.8. The molecule has 198 valence electrons. The zero-order valence-electron chi connectivity index (χ0n) is 21.5. The summed E-state index contributed by atoms with van der Waals surface area (Å²) >= 11 is 0. The maximum Gasteiger partial charge on any atom is 0.302 e. The fourth-order valence-electron chi connectivity index (χ4n) is 9.05. The first-order valence-corrected chi connectivity index (χ1v) is 13.0. The van der Waals surface area contributed by atoms with Crippen LogP contribution in [0.3, 0.4) is 0 Å². The van der Waals surface area contributed by atoms with Gasteiger partial charge in [0.25, 0.3) is 0 Å². The summed E-state index contributed by atoms with van der Waals surface area (Å²) in [6.07, 6.45) is -0.328. The molecule has 4 saturated carbocycles. The monoisotopic (exact) mass is 496 g/mol. The average molecular weight is 497 g/mol. The molecule has 2 N–H and O–H groups in total. The lowest BCUT2D eigenvalue weighted by Crippen LogP contribution is -2.86. The third-order valence-electron chi connectivity index (χ3n) is 9.79. The summed E-state index contributed by atoms with van der Waals surface area (Å²) < 4.78 is 12.4. The number of fused-ring (bicyclic) bond motifs is 2. The van der Waals surface area contributed by atoms with Crippen molar-refractivity contribution in [2.45, 2.75) is 90.5 Å². The number of rotatable bonds is 7. The highest BCUT2D eigenvalue weighted by atomic mass is 17.2.